The number of ether oxygens (including phenoxy) is 2. The molecule has 0 bridgehead atoms. The van der Waals surface area contributed by atoms with E-state index in [9.17, 15) is 4.79 Å². The minimum absolute atomic E-state index is 0.175. The van der Waals surface area contributed by atoms with Crippen LogP contribution in [0.25, 0.3) is 0 Å². The van der Waals surface area contributed by atoms with Crippen LogP contribution in [0.1, 0.15) is 20.3 Å². The highest BCUT2D eigenvalue weighted by atomic mass is 16.5. The van der Waals surface area contributed by atoms with E-state index in [2.05, 4.69) is 19.2 Å². The Kier molecular flexibility index (Phi) is 9.18. The van der Waals surface area contributed by atoms with Gasteiger partial charge < -0.3 is 20.5 Å². The second kappa shape index (κ2) is 9.57. The fraction of sp³-hybridized carbons (Fsp3) is 0.909. The molecule has 0 rings (SSSR count). The molecule has 96 valence electrons. The number of hydrogen-bond donors (Lipinski definition) is 2. The molecule has 0 saturated carbocycles. The van der Waals surface area contributed by atoms with Crippen molar-refractivity contribution in [3.63, 3.8) is 0 Å². The first-order chi connectivity index (χ1) is 7.57. The van der Waals surface area contributed by atoms with E-state index in [1.54, 1.807) is 0 Å². The molecule has 0 heterocycles. The third-order valence-electron chi connectivity index (χ3n) is 1.90. The van der Waals surface area contributed by atoms with Crippen molar-refractivity contribution in [3.8, 4) is 0 Å². The van der Waals surface area contributed by atoms with Crippen molar-refractivity contribution in [1.82, 2.24) is 5.32 Å². The van der Waals surface area contributed by atoms with Gasteiger partial charge >= 0.3 is 0 Å². The van der Waals surface area contributed by atoms with E-state index in [1.807, 2.05) is 0 Å². The molecule has 1 amide bonds. The van der Waals surface area contributed by atoms with Crippen LogP contribution in [-0.2, 0) is 14.3 Å². The highest BCUT2D eigenvalue weighted by Crippen LogP contribution is 1.92. The molecule has 1 atom stereocenters. The van der Waals surface area contributed by atoms with Gasteiger partial charge in [-0.15, -0.1) is 0 Å². The van der Waals surface area contributed by atoms with Gasteiger partial charge in [0.25, 0.3) is 0 Å². The Labute approximate surface area is 97.7 Å². The summed E-state index contributed by atoms with van der Waals surface area (Å²) in [7, 11) is 1.52. The number of amides is 1. The van der Waals surface area contributed by atoms with Crippen molar-refractivity contribution in [2.24, 2.45) is 11.7 Å². The van der Waals surface area contributed by atoms with Crippen LogP contribution in [0.3, 0.4) is 0 Å². The van der Waals surface area contributed by atoms with Crippen molar-refractivity contribution < 1.29 is 14.3 Å². The number of hydrogen-bond acceptors (Lipinski definition) is 4. The molecule has 0 saturated heterocycles. The predicted octanol–water partition coefficient (Wildman–Crippen LogP) is 0.139. The van der Waals surface area contributed by atoms with E-state index in [-0.39, 0.29) is 12.5 Å². The summed E-state index contributed by atoms with van der Waals surface area (Å²) >= 11 is 0. The van der Waals surface area contributed by atoms with Crippen LogP contribution >= 0.6 is 0 Å². The summed E-state index contributed by atoms with van der Waals surface area (Å²) in [5.41, 5.74) is 5.54. The number of nitrogens with one attached hydrogen (secondary N) is 1. The fourth-order valence-corrected chi connectivity index (χ4v) is 1.09. The monoisotopic (exact) mass is 232 g/mol. The smallest absolute Gasteiger partial charge is 0.239 e. The van der Waals surface area contributed by atoms with Crippen LogP contribution in [0.4, 0.5) is 0 Å². The zero-order valence-corrected chi connectivity index (χ0v) is 10.5. The molecule has 0 aromatic heterocycles. The summed E-state index contributed by atoms with van der Waals surface area (Å²) < 4.78 is 10.2. The second-order valence-electron chi connectivity index (χ2n) is 4.18. The quantitative estimate of drug-likeness (QED) is 0.555. The maximum Gasteiger partial charge on any atom is 0.239 e. The average molecular weight is 232 g/mol. The maximum absolute atomic E-state index is 11.3. The Balaban J connectivity index is 3.34. The molecule has 0 spiro atoms. The van der Waals surface area contributed by atoms with Gasteiger partial charge in [0.15, 0.2) is 0 Å². The van der Waals surface area contributed by atoms with Gasteiger partial charge in [-0.2, -0.15) is 0 Å². The highest BCUT2D eigenvalue weighted by molar-refractivity contribution is 5.81. The first kappa shape index (κ1) is 15.3. The van der Waals surface area contributed by atoms with Crippen LogP contribution in [0.15, 0.2) is 0 Å². The molecule has 0 radical (unpaired) electrons. The summed E-state index contributed by atoms with van der Waals surface area (Å²) in [5, 5.41) is 2.73. The van der Waals surface area contributed by atoms with Gasteiger partial charge in [0, 0.05) is 26.9 Å². The molecule has 0 aliphatic rings. The Morgan fingerprint density at radius 3 is 2.62 bits per heavy atom. The molecular weight excluding hydrogens is 208 g/mol. The van der Waals surface area contributed by atoms with Gasteiger partial charge in [-0.1, -0.05) is 13.8 Å². The molecule has 0 aromatic carbocycles. The lowest BCUT2D eigenvalue weighted by Gasteiger charge is -2.11. The average Bonchev–Trinajstić information content (AvgIpc) is 2.22. The third kappa shape index (κ3) is 8.64. The predicted molar refractivity (Wildman–Crippen MR) is 63.1 cm³/mol. The SMILES string of the molecule is COCC(N)C(=O)NCCCOCC(C)C. The van der Waals surface area contributed by atoms with Crippen LogP contribution < -0.4 is 11.1 Å². The van der Waals surface area contributed by atoms with Gasteiger partial charge in [0.2, 0.25) is 5.91 Å². The van der Waals surface area contributed by atoms with E-state index in [4.69, 9.17) is 15.2 Å². The van der Waals surface area contributed by atoms with Crippen molar-refractivity contribution in [2.45, 2.75) is 26.3 Å². The summed E-state index contributed by atoms with van der Waals surface area (Å²) in [4.78, 5) is 11.3. The lowest BCUT2D eigenvalue weighted by atomic mass is 10.2. The summed E-state index contributed by atoms with van der Waals surface area (Å²) in [6, 6.07) is -0.582. The minimum atomic E-state index is -0.582. The number of rotatable bonds is 9. The van der Waals surface area contributed by atoms with Crippen molar-refractivity contribution in [3.05, 3.63) is 0 Å². The summed E-state index contributed by atoms with van der Waals surface area (Å²) in [5.74, 6) is 0.371. The lowest BCUT2D eigenvalue weighted by molar-refractivity contribution is -0.123. The lowest BCUT2D eigenvalue weighted by Crippen LogP contribution is -2.43. The molecule has 16 heavy (non-hydrogen) atoms. The van der Waals surface area contributed by atoms with Gasteiger partial charge in [0.05, 0.1) is 6.61 Å². The number of methoxy groups -OCH3 is 1. The Hall–Kier alpha value is -0.650. The first-order valence-electron chi connectivity index (χ1n) is 5.68. The fourth-order valence-electron chi connectivity index (χ4n) is 1.09. The number of nitrogens with two attached hydrogens (primary N) is 1. The summed E-state index contributed by atoms with van der Waals surface area (Å²) in [6.07, 6.45) is 0.804. The van der Waals surface area contributed by atoms with E-state index in [0.29, 0.717) is 19.1 Å². The number of carbonyl (C=O) groups is 1. The van der Waals surface area contributed by atoms with E-state index >= 15 is 0 Å². The van der Waals surface area contributed by atoms with Gasteiger partial charge in [0.1, 0.15) is 6.04 Å². The molecule has 5 nitrogen and oxygen atoms in total. The highest BCUT2D eigenvalue weighted by Gasteiger charge is 2.11. The molecular formula is C11H24N2O3. The molecule has 0 aliphatic heterocycles. The van der Waals surface area contributed by atoms with Gasteiger partial charge in [-0.3, -0.25) is 4.79 Å². The van der Waals surface area contributed by atoms with E-state index in [1.165, 1.54) is 7.11 Å². The van der Waals surface area contributed by atoms with Crippen LogP contribution in [0.5, 0.6) is 0 Å². The largest absolute Gasteiger partial charge is 0.383 e. The van der Waals surface area contributed by atoms with Crippen molar-refractivity contribution in [1.29, 1.82) is 0 Å². The van der Waals surface area contributed by atoms with E-state index in [0.717, 1.165) is 13.0 Å². The van der Waals surface area contributed by atoms with E-state index < -0.39 is 6.04 Å². The van der Waals surface area contributed by atoms with Crippen LogP contribution in [0, 0.1) is 5.92 Å². The molecule has 0 fully saturated rings. The Morgan fingerprint density at radius 1 is 1.38 bits per heavy atom. The molecule has 0 aromatic rings. The van der Waals surface area contributed by atoms with Crippen molar-refractivity contribution >= 4 is 5.91 Å². The molecule has 3 N–H and O–H groups in total. The van der Waals surface area contributed by atoms with Gasteiger partial charge in [-0.05, 0) is 12.3 Å². The molecule has 5 heteroatoms. The maximum atomic E-state index is 11.3. The zero-order chi connectivity index (χ0) is 12.4. The third-order valence-corrected chi connectivity index (χ3v) is 1.90. The van der Waals surface area contributed by atoms with Crippen molar-refractivity contribution in [2.75, 3.05) is 33.5 Å². The Morgan fingerprint density at radius 2 is 2.06 bits per heavy atom. The standard InChI is InChI=1S/C11H24N2O3/c1-9(2)7-16-6-4-5-13-11(14)10(12)8-15-3/h9-10H,4-8,12H2,1-3H3,(H,13,14). The first-order valence-corrected chi connectivity index (χ1v) is 5.68. The van der Waals surface area contributed by atoms with Crippen LogP contribution in [-0.4, -0.2) is 45.4 Å². The number of carbonyl (C=O) groups excluding carboxylic acids is 1. The normalized spacial score (nSPS) is 12.8. The van der Waals surface area contributed by atoms with Gasteiger partial charge in [-0.25, -0.2) is 0 Å². The summed E-state index contributed by atoms with van der Waals surface area (Å²) in [6.45, 7) is 6.47. The zero-order valence-electron chi connectivity index (χ0n) is 10.5. The Bertz CT molecular complexity index is 186. The molecule has 1 unspecified atom stereocenters. The molecule has 0 aliphatic carbocycles. The minimum Gasteiger partial charge on any atom is -0.383 e. The topological polar surface area (TPSA) is 73.6 Å². The second-order valence-corrected chi connectivity index (χ2v) is 4.18. The van der Waals surface area contributed by atoms with Crippen LogP contribution in [0.2, 0.25) is 0 Å².